The number of hydrogen-bond donors (Lipinski definition) is 1. The van der Waals surface area contributed by atoms with Crippen LogP contribution in [-0.2, 0) is 4.79 Å². The Balaban J connectivity index is 2.49. The lowest BCUT2D eigenvalue weighted by Crippen LogP contribution is -1.95. The Morgan fingerprint density at radius 1 is 1.24 bits per heavy atom. The van der Waals surface area contributed by atoms with Gasteiger partial charge in [-0.3, -0.25) is 0 Å². The first-order valence-electron chi connectivity index (χ1n) is 5.23. The van der Waals surface area contributed by atoms with Crippen molar-refractivity contribution in [2.75, 3.05) is 0 Å². The van der Waals surface area contributed by atoms with Gasteiger partial charge in [0.25, 0.3) is 0 Å². The smallest absolute Gasteiger partial charge is 0.331 e. The molecule has 86 valence electrons. The van der Waals surface area contributed by atoms with Crippen LogP contribution in [0.2, 0.25) is 0 Å². The van der Waals surface area contributed by atoms with E-state index in [2.05, 4.69) is 0 Å². The second-order valence-electron chi connectivity index (χ2n) is 3.70. The summed E-state index contributed by atoms with van der Waals surface area (Å²) in [6, 6.07) is 11.2. The molecule has 0 atom stereocenters. The van der Waals surface area contributed by atoms with Crippen LogP contribution in [-0.4, -0.2) is 11.1 Å². The summed E-state index contributed by atoms with van der Waals surface area (Å²) in [5.41, 5.74) is 2.02. The maximum absolute atomic E-state index is 10.8. The molecule has 0 saturated carbocycles. The molecule has 0 spiro atoms. The van der Waals surface area contributed by atoms with E-state index in [0.717, 1.165) is 16.9 Å². The van der Waals surface area contributed by atoms with Crippen LogP contribution in [0.25, 0.3) is 17.4 Å². The summed E-state index contributed by atoms with van der Waals surface area (Å²) in [6.07, 6.45) is 3.24. The Kier molecular flexibility index (Phi) is 3.10. The first-order valence-corrected chi connectivity index (χ1v) is 5.23. The summed E-state index contributed by atoms with van der Waals surface area (Å²) in [4.78, 5) is 10.8. The van der Waals surface area contributed by atoms with E-state index in [1.54, 1.807) is 25.3 Å². The lowest BCUT2D eigenvalue weighted by molar-refractivity contribution is -0.132. The Hall–Kier alpha value is -2.29. The van der Waals surface area contributed by atoms with Crippen LogP contribution in [0.4, 0.5) is 0 Å². The van der Waals surface area contributed by atoms with Gasteiger partial charge in [0.15, 0.2) is 0 Å². The molecule has 1 N–H and O–H groups in total. The van der Waals surface area contributed by atoms with Crippen molar-refractivity contribution in [3.05, 3.63) is 53.8 Å². The Bertz CT molecular complexity index is 551. The SMILES string of the molecule is C/C(=C\c1ccccc1-c1ccco1)C(=O)O. The zero-order chi connectivity index (χ0) is 12.3. The summed E-state index contributed by atoms with van der Waals surface area (Å²) < 4.78 is 5.33. The van der Waals surface area contributed by atoms with Gasteiger partial charge in [-0.1, -0.05) is 24.3 Å². The fourth-order valence-corrected chi connectivity index (χ4v) is 1.57. The van der Waals surface area contributed by atoms with Crippen LogP contribution >= 0.6 is 0 Å². The van der Waals surface area contributed by atoms with E-state index in [0.29, 0.717) is 5.57 Å². The van der Waals surface area contributed by atoms with Crippen LogP contribution in [0.15, 0.2) is 52.7 Å². The maximum Gasteiger partial charge on any atom is 0.331 e. The molecule has 1 aromatic carbocycles. The average molecular weight is 228 g/mol. The topological polar surface area (TPSA) is 50.4 Å². The number of furan rings is 1. The molecule has 0 aliphatic heterocycles. The number of hydrogen-bond acceptors (Lipinski definition) is 2. The van der Waals surface area contributed by atoms with Crippen LogP contribution < -0.4 is 0 Å². The quantitative estimate of drug-likeness (QED) is 0.819. The molecule has 17 heavy (non-hydrogen) atoms. The largest absolute Gasteiger partial charge is 0.478 e. The van der Waals surface area contributed by atoms with E-state index < -0.39 is 5.97 Å². The van der Waals surface area contributed by atoms with Crippen molar-refractivity contribution in [2.45, 2.75) is 6.92 Å². The minimum absolute atomic E-state index is 0.295. The van der Waals surface area contributed by atoms with E-state index in [1.165, 1.54) is 0 Å². The van der Waals surface area contributed by atoms with Gasteiger partial charge in [-0.2, -0.15) is 0 Å². The predicted octanol–water partition coefficient (Wildman–Crippen LogP) is 3.43. The van der Waals surface area contributed by atoms with Gasteiger partial charge in [0.05, 0.1) is 6.26 Å². The first-order chi connectivity index (χ1) is 8.18. The maximum atomic E-state index is 10.8. The Morgan fingerprint density at radius 3 is 2.65 bits per heavy atom. The van der Waals surface area contributed by atoms with Gasteiger partial charge in [-0.15, -0.1) is 0 Å². The minimum Gasteiger partial charge on any atom is -0.478 e. The van der Waals surface area contributed by atoms with Gasteiger partial charge in [-0.05, 0) is 30.7 Å². The molecule has 0 bridgehead atoms. The van der Waals surface area contributed by atoms with E-state index >= 15 is 0 Å². The number of carbonyl (C=O) groups is 1. The van der Waals surface area contributed by atoms with Crippen LogP contribution in [0.1, 0.15) is 12.5 Å². The van der Waals surface area contributed by atoms with Crippen molar-refractivity contribution >= 4 is 12.0 Å². The fraction of sp³-hybridized carbons (Fsp3) is 0.0714. The summed E-state index contributed by atoms with van der Waals surface area (Å²) in [5, 5.41) is 8.87. The minimum atomic E-state index is -0.917. The third kappa shape index (κ3) is 2.45. The van der Waals surface area contributed by atoms with Crippen molar-refractivity contribution < 1.29 is 14.3 Å². The van der Waals surface area contributed by atoms with Crippen molar-refractivity contribution in [3.8, 4) is 11.3 Å². The van der Waals surface area contributed by atoms with Crippen LogP contribution in [0.5, 0.6) is 0 Å². The lowest BCUT2D eigenvalue weighted by Gasteiger charge is -2.03. The molecule has 0 aliphatic rings. The van der Waals surface area contributed by atoms with Crippen LogP contribution in [0, 0.1) is 0 Å². The van der Waals surface area contributed by atoms with E-state index in [-0.39, 0.29) is 0 Å². The molecule has 1 heterocycles. The highest BCUT2D eigenvalue weighted by Gasteiger charge is 2.07. The highest BCUT2D eigenvalue weighted by molar-refractivity contribution is 5.92. The van der Waals surface area contributed by atoms with Gasteiger partial charge in [0.1, 0.15) is 5.76 Å². The predicted molar refractivity (Wildman–Crippen MR) is 65.4 cm³/mol. The average Bonchev–Trinajstić information content (AvgIpc) is 2.83. The number of benzene rings is 1. The molecule has 2 rings (SSSR count). The number of aliphatic carboxylic acids is 1. The monoisotopic (exact) mass is 228 g/mol. The molecule has 0 fully saturated rings. The summed E-state index contributed by atoms with van der Waals surface area (Å²) in [7, 11) is 0. The first kappa shape index (κ1) is 11.2. The summed E-state index contributed by atoms with van der Waals surface area (Å²) in [6.45, 7) is 1.57. The third-order valence-electron chi connectivity index (χ3n) is 2.46. The van der Waals surface area contributed by atoms with Crippen LogP contribution in [0.3, 0.4) is 0 Å². The highest BCUT2D eigenvalue weighted by atomic mass is 16.4. The van der Waals surface area contributed by atoms with Crippen molar-refractivity contribution in [3.63, 3.8) is 0 Å². The van der Waals surface area contributed by atoms with Gasteiger partial charge in [0.2, 0.25) is 0 Å². The van der Waals surface area contributed by atoms with Gasteiger partial charge in [0, 0.05) is 11.1 Å². The molecule has 0 amide bonds. The molecule has 1 aromatic heterocycles. The normalized spacial score (nSPS) is 11.5. The molecule has 2 aromatic rings. The third-order valence-corrected chi connectivity index (χ3v) is 2.46. The summed E-state index contributed by atoms with van der Waals surface area (Å²) in [5.74, 6) is -0.186. The number of carboxylic acids is 1. The molecular weight excluding hydrogens is 216 g/mol. The Morgan fingerprint density at radius 2 is 2.00 bits per heavy atom. The van der Waals surface area contributed by atoms with E-state index in [1.807, 2.05) is 30.3 Å². The standard InChI is InChI=1S/C14H12O3/c1-10(14(15)16)9-11-5-2-3-6-12(11)13-7-4-8-17-13/h2-9H,1H3,(H,15,16)/b10-9+. The van der Waals surface area contributed by atoms with Gasteiger partial charge in [-0.25, -0.2) is 4.79 Å². The molecule has 0 saturated heterocycles. The summed E-state index contributed by atoms with van der Waals surface area (Å²) >= 11 is 0. The molecular formula is C14H12O3. The Labute approximate surface area is 99.0 Å². The molecule has 3 heteroatoms. The van der Waals surface area contributed by atoms with E-state index in [4.69, 9.17) is 9.52 Å². The van der Waals surface area contributed by atoms with Crippen molar-refractivity contribution in [1.82, 2.24) is 0 Å². The molecule has 0 radical (unpaired) electrons. The lowest BCUT2D eigenvalue weighted by atomic mass is 10.0. The highest BCUT2D eigenvalue weighted by Crippen LogP contribution is 2.25. The second kappa shape index (κ2) is 4.70. The molecule has 0 unspecified atom stereocenters. The zero-order valence-electron chi connectivity index (χ0n) is 9.38. The molecule has 3 nitrogen and oxygen atoms in total. The van der Waals surface area contributed by atoms with Gasteiger partial charge < -0.3 is 9.52 Å². The van der Waals surface area contributed by atoms with Gasteiger partial charge >= 0.3 is 5.97 Å². The fourth-order valence-electron chi connectivity index (χ4n) is 1.57. The van der Waals surface area contributed by atoms with Crippen molar-refractivity contribution in [2.24, 2.45) is 0 Å². The number of rotatable bonds is 3. The second-order valence-corrected chi connectivity index (χ2v) is 3.70. The number of carboxylic acid groups (broad SMARTS) is 1. The van der Waals surface area contributed by atoms with Crippen molar-refractivity contribution in [1.29, 1.82) is 0 Å². The zero-order valence-corrected chi connectivity index (χ0v) is 9.38. The van der Waals surface area contributed by atoms with E-state index in [9.17, 15) is 4.79 Å². The molecule has 0 aliphatic carbocycles.